The lowest BCUT2D eigenvalue weighted by Crippen LogP contribution is -2.48. The smallest absolute Gasteiger partial charge is 0.119 e. The number of benzene rings is 1. The lowest BCUT2D eigenvalue weighted by Gasteiger charge is -2.48. The first-order chi connectivity index (χ1) is 8.74. The average molecular weight is 247 g/mol. The SMILES string of the molecule is CCNCC1(c2cccc(OC)c2)CC(CC)C1. The highest BCUT2D eigenvalue weighted by molar-refractivity contribution is 5.36. The Kier molecular flexibility index (Phi) is 4.28. The van der Waals surface area contributed by atoms with Crippen LogP contribution in [0.4, 0.5) is 0 Å². The topological polar surface area (TPSA) is 21.3 Å². The van der Waals surface area contributed by atoms with Gasteiger partial charge in [0.25, 0.3) is 0 Å². The van der Waals surface area contributed by atoms with Gasteiger partial charge in [-0.05, 0) is 43.0 Å². The second-order valence-electron chi connectivity index (χ2n) is 5.48. The Morgan fingerprint density at radius 1 is 1.33 bits per heavy atom. The Morgan fingerprint density at radius 2 is 2.11 bits per heavy atom. The van der Waals surface area contributed by atoms with Crippen molar-refractivity contribution < 1.29 is 4.74 Å². The zero-order valence-electron chi connectivity index (χ0n) is 11.8. The highest BCUT2D eigenvalue weighted by atomic mass is 16.5. The summed E-state index contributed by atoms with van der Waals surface area (Å²) in [7, 11) is 1.74. The van der Waals surface area contributed by atoms with Gasteiger partial charge >= 0.3 is 0 Å². The van der Waals surface area contributed by atoms with Crippen molar-refractivity contribution >= 4 is 0 Å². The van der Waals surface area contributed by atoms with Gasteiger partial charge < -0.3 is 10.1 Å². The first-order valence-electron chi connectivity index (χ1n) is 7.09. The van der Waals surface area contributed by atoms with E-state index in [1.54, 1.807) is 7.11 Å². The number of hydrogen-bond acceptors (Lipinski definition) is 2. The molecule has 100 valence electrons. The van der Waals surface area contributed by atoms with Gasteiger partial charge in [-0.1, -0.05) is 32.4 Å². The maximum Gasteiger partial charge on any atom is 0.119 e. The maximum absolute atomic E-state index is 5.36. The molecule has 1 aromatic carbocycles. The van der Waals surface area contributed by atoms with Gasteiger partial charge in [-0.2, -0.15) is 0 Å². The van der Waals surface area contributed by atoms with E-state index in [1.165, 1.54) is 24.8 Å². The minimum absolute atomic E-state index is 0.339. The van der Waals surface area contributed by atoms with Gasteiger partial charge in [-0.15, -0.1) is 0 Å². The van der Waals surface area contributed by atoms with E-state index in [1.807, 2.05) is 6.07 Å². The van der Waals surface area contributed by atoms with E-state index in [4.69, 9.17) is 4.74 Å². The van der Waals surface area contributed by atoms with Crippen LogP contribution in [0.1, 0.15) is 38.7 Å². The van der Waals surface area contributed by atoms with Crippen LogP contribution in [-0.4, -0.2) is 20.2 Å². The van der Waals surface area contributed by atoms with Gasteiger partial charge in [-0.3, -0.25) is 0 Å². The number of likely N-dealkylation sites (N-methyl/N-ethyl adjacent to an activating group) is 1. The van der Waals surface area contributed by atoms with Crippen molar-refractivity contribution in [2.45, 2.75) is 38.5 Å². The summed E-state index contributed by atoms with van der Waals surface area (Å²) in [6.45, 7) is 6.61. The molecule has 0 amide bonds. The third kappa shape index (κ3) is 2.54. The lowest BCUT2D eigenvalue weighted by molar-refractivity contribution is 0.134. The molecule has 0 spiro atoms. The molecule has 0 unspecified atom stereocenters. The molecule has 0 atom stereocenters. The first-order valence-corrected chi connectivity index (χ1v) is 7.09. The molecule has 0 aliphatic heterocycles. The molecular formula is C16H25NO. The van der Waals surface area contributed by atoms with Crippen LogP contribution in [0.3, 0.4) is 0 Å². The highest BCUT2D eigenvalue weighted by Gasteiger charge is 2.44. The molecule has 2 heteroatoms. The fourth-order valence-corrected chi connectivity index (χ4v) is 3.13. The van der Waals surface area contributed by atoms with Crippen molar-refractivity contribution in [2.75, 3.05) is 20.2 Å². The van der Waals surface area contributed by atoms with Crippen molar-refractivity contribution in [1.82, 2.24) is 5.32 Å². The molecule has 0 saturated heterocycles. The Hall–Kier alpha value is -1.02. The van der Waals surface area contributed by atoms with E-state index in [9.17, 15) is 0 Å². The number of methoxy groups -OCH3 is 1. The summed E-state index contributed by atoms with van der Waals surface area (Å²) in [4.78, 5) is 0. The summed E-state index contributed by atoms with van der Waals surface area (Å²) in [6.07, 6.45) is 3.92. The zero-order valence-corrected chi connectivity index (χ0v) is 11.8. The number of nitrogens with one attached hydrogen (secondary N) is 1. The van der Waals surface area contributed by atoms with E-state index in [0.717, 1.165) is 24.8 Å². The van der Waals surface area contributed by atoms with Gasteiger partial charge in [0.15, 0.2) is 0 Å². The molecule has 0 heterocycles. The van der Waals surface area contributed by atoms with Crippen LogP contribution in [0.2, 0.25) is 0 Å². The van der Waals surface area contributed by atoms with Crippen LogP contribution in [-0.2, 0) is 5.41 Å². The molecule has 2 nitrogen and oxygen atoms in total. The van der Waals surface area contributed by atoms with Crippen LogP contribution < -0.4 is 10.1 Å². The predicted octanol–water partition coefficient (Wildman–Crippen LogP) is 3.36. The van der Waals surface area contributed by atoms with Gasteiger partial charge in [0.2, 0.25) is 0 Å². The van der Waals surface area contributed by atoms with Crippen LogP contribution >= 0.6 is 0 Å². The summed E-state index contributed by atoms with van der Waals surface area (Å²) in [5, 5.41) is 3.53. The minimum Gasteiger partial charge on any atom is -0.497 e. The van der Waals surface area contributed by atoms with Crippen LogP contribution in [0.15, 0.2) is 24.3 Å². The molecule has 0 aromatic heterocycles. The summed E-state index contributed by atoms with van der Waals surface area (Å²) < 4.78 is 5.36. The van der Waals surface area contributed by atoms with Crippen molar-refractivity contribution in [3.63, 3.8) is 0 Å². The molecule has 1 aliphatic rings. The number of rotatable bonds is 6. The monoisotopic (exact) mass is 247 g/mol. The first kappa shape index (κ1) is 13.4. The molecule has 1 saturated carbocycles. The molecule has 0 radical (unpaired) electrons. The van der Waals surface area contributed by atoms with E-state index < -0.39 is 0 Å². The molecule has 1 aromatic rings. The summed E-state index contributed by atoms with van der Waals surface area (Å²) in [5.74, 6) is 1.87. The van der Waals surface area contributed by atoms with Crippen LogP contribution in [0.5, 0.6) is 5.75 Å². The standard InChI is InChI=1S/C16H25NO/c1-4-13-10-16(11-13,12-17-5-2)14-7-6-8-15(9-14)18-3/h6-9,13,17H,4-5,10-12H2,1-3H3. The second-order valence-corrected chi connectivity index (χ2v) is 5.48. The molecule has 1 aliphatic carbocycles. The van der Waals surface area contributed by atoms with Crippen molar-refractivity contribution in [1.29, 1.82) is 0 Å². The zero-order chi connectivity index (χ0) is 13.0. The largest absolute Gasteiger partial charge is 0.497 e. The summed E-state index contributed by atoms with van der Waals surface area (Å²) in [5.41, 5.74) is 1.78. The number of ether oxygens (including phenoxy) is 1. The fraction of sp³-hybridized carbons (Fsp3) is 0.625. The maximum atomic E-state index is 5.36. The lowest BCUT2D eigenvalue weighted by atomic mass is 9.58. The predicted molar refractivity (Wildman–Crippen MR) is 76.2 cm³/mol. The van der Waals surface area contributed by atoms with Gasteiger partial charge in [0, 0.05) is 12.0 Å². The van der Waals surface area contributed by atoms with E-state index in [0.29, 0.717) is 5.41 Å². The van der Waals surface area contributed by atoms with Gasteiger partial charge in [0.05, 0.1) is 7.11 Å². The van der Waals surface area contributed by atoms with Gasteiger partial charge in [0.1, 0.15) is 5.75 Å². The molecule has 2 rings (SSSR count). The average Bonchev–Trinajstić information content (AvgIpc) is 2.38. The third-order valence-corrected chi connectivity index (χ3v) is 4.33. The minimum atomic E-state index is 0.339. The Bertz CT molecular complexity index is 377. The Morgan fingerprint density at radius 3 is 2.72 bits per heavy atom. The summed E-state index contributed by atoms with van der Waals surface area (Å²) in [6, 6.07) is 8.61. The number of hydrogen-bond donors (Lipinski definition) is 1. The van der Waals surface area contributed by atoms with E-state index in [-0.39, 0.29) is 0 Å². The Labute approximate surface area is 111 Å². The van der Waals surface area contributed by atoms with Gasteiger partial charge in [-0.25, -0.2) is 0 Å². The quantitative estimate of drug-likeness (QED) is 0.832. The normalized spacial score (nSPS) is 26.7. The molecular weight excluding hydrogens is 222 g/mol. The summed E-state index contributed by atoms with van der Waals surface area (Å²) >= 11 is 0. The Balaban J connectivity index is 2.18. The van der Waals surface area contributed by atoms with Crippen molar-refractivity contribution in [2.24, 2.45) is 5.92 Å². The van der Waals surface area contributed by atoms with E-state index in [2.05, 4.69) is 37.4 Å². The third-order valence-electron chi connectivity index (χ3n) is 4.33. The van der Waals surface area contributed by atoms with Crippen LogP contribution in [0.25, 0.3) is 0 Å². The fourth-order valence-electron chi connectivity index (χ4n) is 3.13. The molecule has 18 heavy (non-hydrogen) atoms. The molecule has 1 N–H and O–H groups in total. The van der Waals surface area contributed by atoms with Crippen LogP contribution in [0, 0.1) is 5.92 Å². The highest BCUT2D eigenvalue weighted by Crippen LogP contribution is 2.49. The molecule has 0 bridgehead atoms. The second kappa shape index (κ2) is 5.75. The molecule has 1 fully saturated rings. The van der Waals surface area contributed by atoms with Crippen molar-refractivity contribution in [3.8, 4) is 5.75 Å². The van der Waals surface area contributed by atoms with E-state index >= 15 is 0 Å². The van der Waals surface area contributed by atoms with Crippen molar-refractivity contribution in [3.05, 3.63) is 29.8 Å².